The van der Waals surface area contributed by atoms with Gasteiger partial charge in [0.25, 0.3) is 0 Å². The number of methoxy groups -OCH3 is 1. The van der Waals surface area contributed by atoms with E-state index >= 15 is 0 Å². The number of hydrogen-bond donors (Lipinski definition) is 2. The minimum absolute atomic E-state index is 0.00694. The van der Waals surface area contributed by atoms with Gasteiger partial charge in [0.05, 0.1) is 70.7 Å². The first kappa shape index (κ1) is 114. The maximum atomic E-state index is 11.0. The molecule has 0 heterocycles. The highest BCUT2D eigenvalue weighted by Gasteiger charge is 2.32. The van der Waals surface area contributed by atoms with Crippen molar-refractivity contribution in [2.24, 2.45) is 22.2 Å². The molecule has 0 bridgehead atoms. The number of carbonyl (C=O) groups is 5. The van der Waals surface area contributed by atoms with Gasteiger partial charge >= 0.3 is 5.97 Å². The Labute approximate surface area is 591 Å². The molecule has 0 aliphatic carbocycles. The smallest absolute Gasteiger partial charge is 0.306 e. The molecule has 0 amide bonds. The Balaban J connectivity index is -0.000000106. The van der Waals surface area contributed by atoms with Gasteiger partial charge in [0.1, 0.15) is 30.0 Å². The maximum absolute atomic E-state index is 11.0. The quantitative estimate of drug-likeness (QED) is 0.0966. The Morgan fingerprint density at radius 2 is 0.674 bits per heavy atom. The van der Waals surface area contributed by atoms with E-state index in [1.165, 1.54) is 13.8 Å². The number of carbonyl (C=O) groups excluding carboxylic acids is 5. The van der Waals surface area contributed by atoms with Crippen LogP contribution < -0.4 is 0 Å². The Morgan fingerprint density at radius 3 is 0.789 bits per heavy atom. The highest BCUT2D eigenvalue weighted by Crippen LogP contribution is 2.29. The highest BCUT2D eigenvalue weighted by atomic mass is 16.6. The summed E-state index contributed by atoms with van der Waals surface area (Å²) in [5, 5.41) is 18.5. The second-order valence-electron chi connectivity index (χ2n) is 37.5. The summed E-state index contributed by atoms with van der Waals surface area (Å²) in [4.78, 5) is 53.8. The van der Waals surface area contributed by atoms with E-state index < -0.39 is 16.8 Å². The minimum atomic E-state index is -0.655. The molecule has 16 nitrogen and oxygen atoms in total. The second-order valence-corrected chi connectivity index (χ2v) is 37.5. The zero-order chi connectivity index (χ0) is 79.5. The van der Waals surface area contributed by atoms with Crippen molar-refractivity contribution < 1.29 is 76.8 Å². The third-order valence-corrected chi connectivity index (χ3v) is 10.9. The molecular formula is C79H168O16. The number of aliphatic hydroxyl groups is 2. The first-order valence-corrected chi connectivity index (χ1v) is 34.7. The topological polar surface area (TPSA) is 209 Å². The van der Waals surface area contributed by atoms with Crippen molar-refractivity contribution in [3.8, 4) is 0 Å². The summed E-state index contributed by atoms with van der Waals surface area (Å²) in [5.41, 5.74) is -2.52. The fraction of sp³-hybridized carbons (Fsp3) is 0.937. The van der Waals surface area contributed by atoms with Crippen LogP contribution in [0.1, 0.15) is 351 Å². The highest BCUT2D eigenvalue weighted by molar-refractivity contribution is 5.84. The molecule has 580 valence electrons. The normalized spacial score (nSPS) is 12.9. The fourth-order valence-electron chi connectivity index (χ4n) is 5.15. The van der Waals surface area contributed by atoms with Gasteiger partial charge in [-0.25, -0.2) is 0 Å². The predicted molar refractivity (Wildman–Crippen MR) is 404 cm³/mol. The Hall–Kier alpha value is -2.25. The standard InChI is InChI=1S/3C9H18O2.C9H20O.C8H18O.C7H16O2.2C7H14O2.2C7H16O/c2*1-7(10)9(5,6)11-8(2,3)4;1-7(2)6-8(10)11-9(3,4)5;1-8(2,3)7-10-9(4,5)6;1-5-7(9)6-8(2,3)4;1-7(2,3)9-6-5-8-4;2*1-6(8)5-9-7(2,3)4;1-6(2,3)7(4,5)8;1-5-6-8-7(2,3)4/h2*1-6H3;7H,6H2,1-5H3;7H2,1-6H3;7,9H,5-6H2,1-4H3;5-6H2,1-4H3;2*5H2,1-4H3;8H,1-5H3;5-6H2,1-4H3. The molecule has 95 heavy (non-hydrogen) atoms. The van der Waals surface area contributed by atoms with E-state index in [2.05, 4.69) is 90.0 Å². The van der Waals surface area contributed by atoms with Crippen molar-refractivity contribution in [1.82, 2.24) is 0 Å². The Bertz CT molecular complexity index is 1810. The number of rotatable bonds is 18. The maximum Gasteiger partial charge on any atom is 0.306 e. The van der Waals surface area contributed by atoms with Gasteiger partial charge < -0.3 is 52.8 Å². The van der Waals surface area contributed by atoms with Crippen molar-refractivity contribution in [2.75, 3.05) is 46.8 Å². The third-order valence-electron chi connectivity index (χ3n) is 10.9. The average Bonchev–Trinajstić information content (AvgIpc) is 0.890. The summed E-state index contributed by atoms with van der Waals surface area (Å²) < 4.78 is 47.6. The van der Waals surface area contributed by atoms with E-state index in [0.29, 0.717) is 25.6 Å². The van der Waals surface area contributed by atoms with Crippen molar-refractivity contribution in [3.05, 3.63) is 0 Å². The van der Waals surface area contributed by atoms with E-state index in [1.807, 2.05) is 180 Å². The summed E-state index contributed by atoms with van der Waals surface area (Å²) in [6, 6.07) is 0. The molecular weight excluding hydrogens is 1200 g/mol. The van der Waals surface area contributed by atoms with Gasteiger partial charge in [-0.3, -0.25) is 24.0 Å². The van der Waals surface area contributed by atoms with Gasteiger partial charge in [0.2, 0.25) is 0 Å². The van der Waals surface area contributed by atoms with Crippen molar-refractivity contribution in [2.45, 2.75) is 419 Å². The molecule has 0 aliphatic rings. The number of Topliss-reactive ketones (excluding diaryl/α,β-unsaturated/α-hetero) is 4. The molecule has 0 aliphatic heterocycles. The monoisotopic (exact) mass is 1370 g/mol. The van der Waals surface area contributed by atoms with E-state index in [1.54, 1.807) is 48.7 Å². The first-order chi connectivity index (χ1) is 41.0. The molecule has 0 aromatic carbocycles. The molecule has 1 atom stereocenters. The predicted octanol–water partition coefficient (Wildman–Crippen LogP) is 20.0. The average molecular weight is 1370 g/mol. The molecule has 0 saturated heterocycles. The summed E-state index contributed by atoms with van der Waals surface area (Å²) >= 11 is 0. The molecule has 0 radical (unpaired) electrons. The lowest BCUT2D eigenvalue weighted by Crippen LogP contribution is -2.40. The van der Waals surface area contributed by atoms with Crippen LogP contribution in [-0.4, -0.2) is 154 Å². The van der Waals surface area contributed by atoms with Crippen LogP contribution in [0.5, 0.6) is 0 Å². The number of esters is 1. The number of hydrogen-bond acceptors (Lipinski definition) is 16. The van der Waals surface area contributed by atoms with Crippen LogP contribution in [-0.2, 0) is 66.6 Å². The fourth-order valence-corrected chi connectivity index (χ4v) is 5.15. The van der Waals surface area contributed by atoms with Crippen molar-refractivity contribution >= 4 is 29.1 Å². The Kier molecular flexibility index (Phi) is 61.2. The number of ketones is 4. The second kappa shape index (κ2) is 51.0. The van der Waals surface area contributed by atoms with Gasteiger partial charge in [-0.15, -0.1) is 0 Å². The van der Waals surface area contributed by atoms with Gasteiger partial charge in [-0.2, -0.15) is 0 Å². The molecule has 0 saturated carbocycles. The third kappa shape index (κ3) is 125. The summed E-state index contributed by atoms with van der Waals surface area (Å²) in [7, 11) is 1.67. The van der Waals surface area contributed by atoms with Crippen molar-refractivity contribution in [1.29, 1.82) is 0 Å². The van der Waals surface area contributed by atoms with E-state index in [-0.39, 0.29) is 109 Å². The molecule has 0 spiro atoms. The molecule has 0 aromatic rings. The van der Waals surface area contributed by atoms with E-state index in [4.69, 9.17) is 42.6 Å². The lowest BCUT2D eigenvalue weighted by molar-refractivity contribution is -0.156. The van der Waals surface area contributed by atoms with Crippen LogP contribution in [0.3, 0.4) is 0 Å². The molecule has 2 N–H and O–H groups in total. The number of aliphatic hydroxyl groups excluding tert-OH is 1. The van der Waals surface area contributed by atoms with Gasteiger partial charge in [0, 0.05) is 20.1 Å². The zero-order valence-corrected chi connectivity index (χ0v) is 72.3. The van der Waals surface area contributed by atoms with Crippen LogP contribution in [0, 0.1) is 22.2 Å². The van der Waals surface area contributed by atoms with Crippen LogP contribution in [0.25, 0.3) is 0 Å². The van der Waals surface area contributed by atoms with E-state index in [0.717, 1.165) is 32.5 Å². The molecule has 0 rings (SSSR count). The lowest BCUT2D eigenvalue weighted by Gasteiger charge is -2.33. The van der Waals surface area contributed by atoms with Crippen LogP contribution >= 0.6 is 0 Å². The molecule has 16 heteroatoms. The van der Waals surface area contributed by atoms with E-state index in [9.17, 15) is 34.2 Å². The van der Waals surface area contributed by atoms with Gasteiger partial charge in [-0.05, 0) is 277 Å². The van der Waals surface area contributed by atoms with Crippen LogP contribution in [0.2, 0.25) is 0 Å². The summed E-state index contributed by atoms with van der Waals surface area (Å²) in [6.45, 7) is 95.0. The van der Waals surface area contributed by atoms with Crippen LogP contribution in [0.15, 0.2) is 0 Å². The first-order valence-electron chi connectivity index (χ1n) is 34.7. The van der Waals surface area contributed by atoms with Gasteiger partial charge in [-0.1, -0.05) is 90.0 Å². The SMILES string of the molecule is CC(=O)C(C)(C)OC(C)(C)C.CC(=O)C(C)(C)OC(C)(C)C.CC(=O)COC(C)(C)C.CC(=O)COC(C)(C)C.CC(C)(C)C(C)(C)O.CC(C)(C)COC(C)(C)C.CC(C)CC(=O)OC(C)(C)C.CCC(O)CC(C)(C)C.CCCOC(C)(C)C.COCCOC(C)(C)C. The lowest BCUT2D eigenvalue weighted by atomic mass is 9.79. The molecule has 0 aromatic heterocycles. The van der Waals surface area contributed by atoms with Gasteiger partial charge in [0.15, 0.2) is 23.1 Å². The number of ether oxygens (including phenoxy) is 9. The summed E-state index contributed by atoms with van der Waals surface area (Å²) in [5.74, 6) is 0.548. The Morgan fingerprint density at radius 1 is 0.389 bits per heavy atom. The summed E-state index contributed by atoms with van der Waals surface area (Å²) in [6.07, 6.45) is 3.29. The minimum Gasteiger partial charge on any atom is -0.460 e. The van der Waals surface area contributed by atoms with Crippen LogP contribution in [0.4, 0.5) is 0 Å². The van der Waals surface area contributed by atoms with Crippen molar-refractivity contribution in [3.63, 3.8) is 0 Å². The molecule has 0 fully saturated rings. The largest absolute Gasteiger partial charge is 0.460 e. The zero-order valence-electron chi connectivity index (χ0n) is 72.3. The molecule has 1 unspecified atom stereocenters.